The molecule has 0 aliphatic rings. The molecular weight excluding hydrogens is 340 g/mol. The van der Waals surface area contributed by atoms with Gasteiger partial charge in [0.1, 0.15) is 10.0 Å². The summed E-state index contributed by atoms with van der Waals surface area (Å²) in [7, 11) is 0. The van der Waals surface area contributed by atoms with E-state index in [1.807, 2.05) is 0 Å². The lowest BCUT2D eigenvalue weighted by molar-refractivity contribution is -0.115. The number of carbonyl (C=O) groups is 2. The van der Waals surface area contributed by atoms with Crippen molar-refractivity contribution in [3.8, 4) is 0 Å². The molecule has 9 nitrogen and oxygen atoms in total. The predicted octanol–water partition coefficient (Wildman–Crippen LogP) is 1.11. The number of ether oxygens (including phenoxy) is 1. The highest BCUT2D eigenvalue weighted by Crippen LogP contribution is 2.16. The highest BCUT2D eigenvalue weighted by Gasteiger charge is 2.07. The maximum Gasteiger partial charge on any atom is 0.223 e. The first kappa shape index (κ1) is 17.4. The van der Waals surface area contributed by atoms with Crippen molar-refractivity contribution in [3.05, 3.63) is 10.0 Å². The van der Waals surface area contributed by atoms with Gasteiger partial charge in [-0.2, -0.15) is 0 Å². The number of rotatable bonds is 8. The van der Waals surface area contributed by atoms with Crippen LogP contribution in [0.3, 0.4) is 0 Å². The first-order valence-corrected chi connectivity index (χ1v) is 8.44. The molecule has 2 rings (SSSR count). The summed E-state index contributed by atoms with van der Waals surface area (Å²) in [5.74, 6) is -0.334. The van der Waals surface area contributed by atoms with Crippen LogP contribution in [0.2, 0.25) is 0 Å². The molecule has 0 aromatic carbocycles. The Bertz CT molecular complexity index is 615. The van der Waals surface area contributed by atoms with Gasteiger partial charge >= 0.3 is 0 Å². The zero-order chi connectivity index (χ0) is 16.7. The topological polar surface area (TPSA) is 119 Å². The van der Waals surface area contributed by atoms with Crippen LogP contribution in [0.25, 0.3) is 0 Å². The Hall–Kier alpha value is -1.98. The second-order valence-corrected chi connectivity index (χ2v) is 6.60. The molecule has 0 aliphatic carbocycles. The van der Waals surface area contributed by atoms with E-state index in [0.717, 1.165) is 10.0 Å². The Morgan fingerprint density at radius 1 is 0.870 bits per heavy atom. The number of anilines is 2. The Balaban J connectivity index is 1.63. The lowest BCUT2D eigenvalue weighted by atomic mass is 10.4. The molecule has 0 aliphatic heterocycles. The van der Waals surface area contributed by atoms with E-state index in [1.54, 1.807) is 0 Å². The van der Waals surface area contributed by atoms with E-state index < -0.39 is 0 Å². The third-order valence-electron chi connectivity index (χ3n) is 2.42. The highest BCUT2D eigenvalue weighted by molar-refractivity contribution is 7.15. The van der Waals surface area contributed by atoms with E-state index in [4.69, 9.17) is 4.74 Å². The number of hydrogen-bond acceptors (Lipinski definition) is 9. The third-order valence-corrected chi connectivity index (χ3v) is 4.22. The molecule has 0 radical (unpaired) electrons. The maximum atomic E-state index is 10.9. The summed E-state index contributed by atoms with van der Waals surface area (Å²) >= 11 is 2.66. The minimum atomic E-state index is -0.167. The van der Waals surface area contributed by atoms with Gasteiger partial charge in [-0.25, -0.2) is 0 Å². The van der Waals surface area contributed by atoms with Crippen molar-refractivity contribution in [2.75, 3.05) is 23.8 Å². The van der Waals surface area contributed by atoms with E-state index in [2.05, 4.69) is 31.0 Å². The zero-order valence-electron chi connectivity index (χ0n) is 12.7. The molecule has 2 N–H and O–H groups in total. The first-order chi connectivity index (χ1) is 11.0. The smallest absolute Gasteiger partial charge is 0.223 e. The molecule has 0 fully saturated rings. The van der Waals surface area contributed by atoms with Gasteiger partial charge in [-0.05, 0) is 0 Å². The van der Waals surface area contributed by atoms with E-state index in [9.17, 15) is 9.59 Å². The van der Waals surface area contributed by atoms with Crippen LogP contribution in [0.15, 0.2) is 0 Å². The van der Waals surface area contributed by atoms with E-state index in [1.165, 1.54) is 36.5 Å². The lowest BCUT2D eigenvalue weighted by Gasteiger charge is -2.00. The fourth-order valence-corrected chi connectivity index (χ4v) is 3.07. The molecule has 0 saturated heterocycles. The summed E-state index contributed by atoms with van der Waals surface area (Å²) < 4.78 is 5.53. The molecule has 2 aromatic heterocycles. The molecule has 2 aromatic rings. The van der Waals surface area contributed by atoms with Crippen molar-refractivity contribution < 1.29 is 14.3 Å². The van der Waals surface area contributed by atoms with Gasteiger partial charge in [0.15, 0.2) is 0 Å². The van der Waals surface area contributed by atoms with Crippen molar-refractivity contribution in [2.45, 2.75) is 26.7 Å². The second-order valence-electron chi connectivity index (χ2n) is 4.48. The molecule has 0 spiro atoms. The first-order valence-electron chi connectivity index (χ1n) is 6.80. The molecule has 23 heavy (non-hydrogen) atoms. The molecule has 2 heterocycles. The van der Waals surface area contributed by atoms with Gasteiger partial charge < -0.3 is 15.4 Å². The fraction of sp³-hybridized carbons (Fsp3) is 0.500. The largest absolute Gasteiger partial charge is 0.381 e. The number of nitrogens with one attached hydrogen (secondary N) is 2. The standard InChI is InChI=1S/C12H16N6O3S2/c1-7(19)13-11-17-15-9(22-11)3-5-21-6-4-10-16-18-12(23-10)14-8(2)20/h3-6H2,1-2H3,(H,13,17,19)(H,14,18,20). The maximum absolute atomic E-state index is 10.9. The van der Waals surface area contributed by atoms with Crippen molar-refractivity contribution in [1.82, 2.24) is 20.4 Å². The summed E-state index contributed by atoms with van der Waals surface area (Å²) in [6.07, 6.45) is 1.26. The van der Waals surface area contributed by atoms with Gasteiger partial charge in [0.05, 0.1) is 13.2 Å². The average Bonchev–Trinajstić information content (AvgIpc) is 3.07. The van der Waals surface area contributed by atoms with Crippen molar-refractivity contribution in [3.63, 3.8) is 0 Å². The predicted molar refractivity (Wildman–Crippen MR) is 86.7 cm³/mol. The van der Waals surface area contributed by atoms with Crippen LogP contribution < -0.4 is 10.6 Å². The van der Waals surface area contributed by atoms with Gasteiger partial charge in [-0.15, -0.1) is 20.4 Å². The van der Waals surface area contributed by atoms with Crippen molar-refractivity contribution in [2.24, 2.45) is 0 Å². The van der Waals surface area contributed by atoms with Crippen LogP contribution in [0.5, 0.6) is 0 Å². The summed E-state index contributed by atoms with van der Waals surface area (Å²) in [6.45, 7) is 3.86. The average molecular weight is 356 g/mol. The van der Waals surface area contributed by atoms with Gasteiger partial charge in [0.2, 0.25) is 22.1 Å². The van der Waals surface area contributed by atoms with Crippen LogP contribution in [0.4, 0.5) is 10.3 Å². The number of aromatic nitrogens is 4. The van der Waals surface area contributed by atoms with Crippen LogP contribution in [0.1, 0.15) is 23.9 Å². The number of nitrogens with zero attached hydrogens (tertiary/aromatic N) is 4. The molecule has 124 valence electrons. The minimum Gasteiger partial charge on any atom is -0.381 e. The van der Waals surface area contributed by atoms with Gasteiger partial charge in [-0.1, -0.05) is 22.7 Å². The minimum absolute atomic E-state index is 0.167. The van der Waals surface area contributed by atoms with Crippen LogP contribution in [0, 0.1) is 0 Å². The van der Waals surface area contributed by atoms with Gasteiger partial charge in [0, 0.05) is 26.7 Å². The third kappa shape index (κ3) is 6.34. The zero-order valence-corrected chi connectivity index (χ0v) is 14.3. The normalized spacial score (nSPS) is 10.5. The molecule has 2 amide bonds. The molecule has 0 unspecified atom stereocenters. The summed E-state index contributed by atoms with van der Waals surface area (Å²) in [4.78, 5) is 21.8. The SMILES string of the molecule is CC(=O)Nc1nnc(CCOCCc2nnc(NC(C)=O)s2)s1. The molecule has 0 saturated carbocycles. The fourth-order valence-electron chi connectivity index (χ4n) is 1.53. The second kappa shape index (κ2) is 8.60. The van der Waals surface area contributed by atoms with Crippen LogP contribution in [-0.2, 0) is 27.2 Å². The monoisotopic (exact) mass is 356 g/mol. The van der Waals surface area contributed by atoms with E-state index >= 15 is 0 Å². The number of hydrogen-bond donors (Lipinski definition) is 2. The van der Waals surface area contributed by atoms with E-state index in [0.29, 0.717) is 36.3 Å². The Morgan fingerprint density at radius 3 is 1.70 bits per heavy atom. The number of carbonyl (C=O) groups excluding carboxylic acids is 2. The molecule has 0 bridgehead atoms. The molecule has 11 heteroatoms. The highest BCUT2D eigenvalue weighted by atomic mass is 32.1. The van der Waals surface area contributed by atoms with Crippen molar-refractivity contribution >= 4 is 44.8 Å². The Morgan fingerprint density at radius 2 is 1.30 bits per heavy atom. The van der Waals surface area contributed by atoms with Crippen LogP contribution in [-0.4, -0.2) is 45.4 Å². The molecule has 0 atom stereocenters. The van der Waals surface area contributed by atoms with Gasteiger partial charge in [0.25, 0.3) is 0 Å². The summed E-state index contributed by atoms with van der Waals surface area (Å²) in [5.41, 5.74) is 0. The van der Waals surface area contributed by atoms with Gasteiger partial charge in [-0.3, -0.25) is 9.59 Å². The number of amides is 2. The quantitative estimate of drug-likeness (QED) is 0.680. The van der Waals surface area contributed by atoms with E-state index in [-0.39, 0.29) is 11.8 Å². The molecular formula is C12H16N6O3S2. The van der Waals surface area contributed by atoms with Crippen LogP contribution >= 0.6 is 22.7 Å². The summed E-state index contributed by atoms with van der Waals surface area (Å²) in [6, 6.07) is 0. The van der Waals surface area contributed by atoms with Crippen molar-refractivity contribution in [1.29, 1.82) is 0 Å². The lowest BCUT2D eigenvalue weighted by Crippen LogP contribution is -2.04. The Labute approximate surface area is 140 Å². The Kier molecular flexibility index (Phi) is 6.50. The summed E-state index contributed by atoms with van der Waals surface area (Å²) in [5, 5.41) is 23.4.